The SMILES string of the molecule is Cc1c(NC(=O)[C@@]2(C)Cc3ccccc3C(=O)O2)c(=O)n(-c2ccccc2)n1C. The molecule has 0 radical (unpaired) electrons. The molecule has 0 spiro atoms. The summed E-state index contributed by atoms with van der Waals surface area (Å²) in [5.74, 6) is -1.08. The summed E-state index contributed by atoms with van der Waals surface area (Å²) in [7, 11) is 1.75. The van der Waals surface area contributed by atoms with Gasteiger partial charge in [0.05, 0.1) is 16.9 Å². The molecule has 1 aliphatic rings. The molecular weight excluding hydrogens is 370 g/mol. The monoisotopic (exact) mass is 391 g/mol. The highest BCUT2D eigenvalue weighted by molar-refractivity contribution is 6.02. The summed E-state index contributed by atoms with van der Waals surface area (Å²) in [6.45, 7) is 3.31. The van der Waals surface area contributed by atoms with Crippen molar-refractivity contribution in [2.24, 2.45) is 7.05 Å². The molecule has 1 aliphatic heterocycles. The van der Waals surface area contributed by atoms with Crippen molar-refractivity contribution in [3.63, 3.8) is 0 Å². The first kappa shape index (κ1) is 18.7. The van der Waals surface area contributed by atoms with Crippen molar-refractivity contribution in [2.45, 2.75) is 25.9 Å². The molecule has 0 bridgehead atoms. The third-order valence-electron chi connectivity index (χ3n) is 5.36. The molecule has 0 saturated carbocycles. The Morgan fingerprint density at radius 3 is 2.45 bits per heavy atom. The van der Waals surface area contributed by atoms with Gasteiger partial charge in [-0.15, -0.1) is 0 Å². The van der Waals surface area contributed by atoms with Crippen molar-refractivity contribution >= 4 is 17.6 Å². The number of aromatic nitrogens is 2. The second-order valence-corrected chi connectivity index (χ2v) is 7.34. The number of nitrogens with one attached hydrogen (secondary N) is 1. The third-order valence-corrected chi connectivity index (χ3v) is 5.36. The molecule has 1 aromatic heterocycles. The summed E-state index contributed by atoms with van der Waals surface area (Å²) >= 11 is 0. The van der Waals surface area contributed by atoms with Gasteiger partial charge in [-0.2, -0.15) is 0 Å². The van der Waals surface area contributed by atoms with Crippen LogP contribution in [0.3, 0.4) is 0 Å². The van der Waals surface area contributed by atoms with E-state index in [2.05, 4.69) is 5.32 Å². The molecule has 1 N–H and O–H groups in total. The number of carbonyl (C=O) groups is 2. The molecule has 0 saturated heterocycles. The Hall–Kier alpha value is -3.61. The third kappa shape index (κ3) is 3.04. The van der Waals surface area contributed by atoms with Crippen LogP contribution in [0.25, 0.3) is 5.69 Å². The van der Waals surface area contributed by atoms with Crippen molar-refractivity contribution in [1.82, 2.24) is 9.36 Å². The number of carbonyl (C=O) groups excluding carboxylic acids is 2. The first-order chi connectivity index (χ1) is 13.8. The van der Waals surface area contributed by atoms with E-state index in [-0.39, 0.29) is 17.7 Å². The zero-order valence-electron chi connectivity index (χ0n) is 16.4. The Bertz CT molecular complexity index is 1180. The van der Waals surface area contributed by atoms with Crippen molar-refractivity contribution in [3.05, 3.63) is 81.8 Å². The number of fused-ring (bicyclic) bond motifs is 1. The van der Waals surface area contributed by atoms with Gasteiger partial charge in [0, 0.05) is 13.5 Å². The molecule has 0 aliphatic carbocycles. The molecule has 148 valence electrons. The zero-order valence-corrected chi connectivity index (χ0v) is 16.4. The van der Waals surface area contributed by atoms with Crippen LogP contribution in [0.15, 0.2) is 59.4 Å². The maximum Gasteiger partial charge on any atom is 0.339 e. The van der Waals surface area contributed by atoms with Gasteiger partial charge >= 0.3 is 5.97 Å². The van der Waals surface area contributed by atoms with Crippen molar-refractivity contribution in [3.8, 4) is 5.69 Å². The van der Waals surface area contributed by atoms with Gasteiger partial charge in [-0.1, -0.05) is 36.4 Å². The molecule has 1 amide bonds. The number of hydrogen-bond acceptors (Lipinski definition) is 4. The van der Waals surface area contributed by atoms with Crippen LogP contribution < -0.4 is 10.9 Å². The average Bonchev–Trinajstić information content (AvgIpc) is 2.92. The van der Waals surface area contributed by atoms with Gasteiger partial charge in [-0.3, -0.25) is 14.3 Å². The summed E-state index contributed by atoms with van der Waals surface area (Å²) in [5, 5.41) is 2.70. The normalized spacial score (nSPS) is 18.1. The standard InChI is InChI=1S/C22H21N3O4/c1-14-18(19(26)25(24(14)3)16-10-5-4-6-11-16)23-21(28)22(2)13-15-9-7-8-12-17(15)20(27)29-22/h4-12H,13H2,1-3H3,(H,23,28)/t22-/m1/s1. The summed E-state index contributed by atoms with van der Waals surface area (Å²) < 4.78 is 8.63. The predicted molar refractivity (Wildman–Crippen MR) is 108 cm³/mol. The molecule has 3 aromatic rings. The topological polar surface area (TPSA) is 82.3 Å². The number of hydrogen-bond donors (Lipinski definition) is 1. The Balaban J connectivity index is 1.68. The number of cyclic esters (lactones) is 1. The van der Waals surface area contributed by atoms with Gasteiger partial charge in [0.2, 0.25) is 0 Å². The lowest BCUT2D eigenvalue weighted by molar-refractivity contribution is -0.134. The van der Waals surface area contributed by atoms with Gasteiger partial charge in [0.15, 0.2) is 5.60 Å². The number of rotatable bonds is 3. The Kier molecular flexibility index (Phi) is 4.38. The molecule has 29 heavy (non-hydrogen) atoms. The quantitative estimate of drug-likeness (QED) is 0.696. The molecule has 2 heterocycles. The number of esters is 1. The molecule has 0 unspecified atom stereocenters. The fourth-order valence-electron chi connectivity index (χ4n) is 3.62. The first-order valence-electron chi connectivity index (χ1n) is 9.28. The van der Waals surface area contributed by atoms with Gasteiger partial charge in [0.25, 0.3) is 11.5 Å². The van der Waals surface area contributed by atoms with Crippen LogP contribution in [-0.2, 0) is 23.0 Å². The fraction of sp³-hybridized carbons (Fsp3) is 0.227. The van der Waals surface area contributed by atoms with E-state index in [9.17, 15) is 14.4 Å². The molecule has 1 atom stereocenters. The van der Waals surface area contributed by atoms with Gasteiger partial charge in [0.1, 0.15) is 5.69 Å². The van der Waals surface area contributed by atoms with E-state index in [0.717, 1.165) is 5.56 Å². The lowest BCUT2D eigenvalue weighted by atomic mass is 9.89. The van der Waals surface area contributed by atoms with E-state index < -0.39 is 17.5 Å². The highest BCUT2D eigenvalue weighted by Gasteiger charge is 2.43. The second-order valence-electron chi connectivity index (χ2n) is 7.34. The second kappa shape index (κ2) is 6.77. The van der Waals surface area contributed by atoms with E-state index in [4.69, 9.17) is 4.74 Å². The van der Waals surface area contributed by atoms with E-state index in [0.29, 0.717) is 16.9 Å². The number of ether oxygens (including phenoxy) is 1. The van der Waals surface area contributed by atoms with Crippen molar-refractivity contribution < 1.29 is 14.3 Å². The molecule has 7 heteroatoms. The highest BCUT2D eigenvalue weighted by Crippen LogP contribution is 2.29. The van der Waals surface area contributed by atoms with Crippen LogP contribution in [0.5, 0.6) is 0 Å². The molecule has 2 aromatic carbocycles. The zero-order chi connectivity index (χ0) is 20.8. The summed E-state index contributed by atoms with van der Waals surface area (Å²) in [6.07, 6.45) is 0.236. The smallest absolute Gasteiger partial charge is 0.339 e. The Labute approximate surface area is 167 Å². The highest BCUT2D eigenvalue weighted by atomic mass is 16.6. The number of nitrogens with zero attached hydrogens (tertiary/aromatic N) is 2. The Morgan fingerprint density at radius 1 is 1.07 bits per heavy atom. The minimum absolute atomic E-state index is 0.164. The van der Waals surface area contributed by atoms with Crippen LogP contribution in [0, 0.1) is 6.92 Å². The first-order valence-corrected chi connectivity index (χ1v) is 9.28. The van der Waals surface area contributed by atoms with Gasteiger partial charge < -0.3 is 10.1 Å². The lowest BCUT2D eigenvalue weighted by Gasteiger charge is -2.32. The predicted octanol–water partition coefficient (Wildman–Crippen LogP) is 2.59. The van der Waals surface area contributed by atoms with E-state index in [1.165, 1.54) is 4.68 Å². The van der Waals surface area contributed by atoms with Crippen molar-refractivity contribution in [2.75, 3.05) is 5.32 Å². The number of para-hydroxylation sites is 1. The molecule has 4 rings (SSSR count). The van der Waals surface area contributed by atoms with Crippen LogP contribution in [0.4, 0.5) is 5.69 Å². The minimum atomic E-state index is -1.41. The summed E-state index contributed by atoms with van der Waals surface area (Å²) in [5.41, 5.74) is 0.893. The maximum atomic E-state index is 13.1. The lowest BCUT2D eigenvalue weighted by Crippen LogP contribution is -2.49. The summed E-state index contributed by atoms with van der Waals surface area (Å²) in [6, 6.07) is 16.2. The average molecular weight is 391 g/mol. The van der Waals surface area contributed by atoms with Crippen molar-refractivity contribution in [1.29, 1.82) is 0 Å². The molecule has 7 nitrogen and oxygen atoms in total. The van der Waals surface area contributed by atoms with E-state index in [1.54, 1.807) is 43.8 Å². The number of benzene rings is 2. The minimum Gasteiger partial charge on any atom is -0.445 e. The van der Waals surface area contributed by atoms with Crippen LogP contribution in [0.1, 0.15) is 28.5 Å². The summed E-state index contributed by atoms with van der Waals surface area (Å²) in [4.78, 5) is 38.4. The Morgan fingerprint density at radius 2 is 1.72 bits per heavy atom. The maximum absolute atomic E-state index is 13.1. The van der Waals surface area contributed by atoms with Crippen LogP contribution in [-0.4, -0.2) is 26.8 Å². The van der Waals surface area contributed by atoms with Gasteiger partial charge in [-0.05, 0) is 37.6 Å². The molecule has 0 fully saturated rings. The number of amides is 1. The molecular formula is C22H21N3O4. The van der Waals surface area contributed by atoms with E-state index in [1.807, 2.05) is 36.4 Å². The largest absolute Gasteiger partial charge is 0.445 e. The van der Waals surface area contributed by atoms with Crippen LogP contribution in [0.2, 0.25) is 0 Å². The van der Waals surface area contributed by atoms with E-state index >= 15 is 0 Å². The van der Waals surface area contributed by atoms with Gasteiger partial charge in [-0.25, -0.2) is 9.48 Å². The fourth-order valence-corrected chi connectivity index (χ4v) is 3.62. The van der Waals surface area contributed by atoms with Crippen LogP contribution >= 0.6 is 0 Å². The number of anilines is 1.